The Hall–Kier alpha value is -2.10. The Balaban J connectivity index is 1.46. The highest BCUT2D eigenvalue weighted by Crippen LogP contribution is 2.33. The summed E-state index contributed by atoms with van der Waals surface area (Å²) in [4.78, 5) is 19.2. The first-order chi connectivity index (χ1) is 13.4. The highest BCUT2D eigenvalue weighted by atomic mass is 32.2. The van der Waals surface area contributed by atoms with Gasteiger partial charge in [-0.05, 0) is 42.7 Å². The number of sulfonamides is 1. The van der Waals surface area contributed by atoms with Crippen LogP contribution in [0.4, 0.5) is 11.4 Å². The number of thioether (sulfide) groups is 1. The maximum absolute atomic E-state index is 12.8. The zero-order chi connectivity index (χ0) is 19.7. The summed E-state index contributed by atoms with van der Waals surface area (Å²) in [6.07, 6.45) is 3.11. The van der Waals surface area contributed by atoms with Crippen molar-refractivity contribution in [3.05, 3.63) is 48.0 Å². The van der Waals surface area contributed by atoms with Gasteiger partial charge in [0.15, 0.2) is 4.34 Å². The van der Waals surface area contributed by atoms with E-state index >= 15 is 0 Å². The molecule has 1 aliphatic rings. The lowest BCUT2D eigenvalue weighted by molar-refractivity contribution is -0.116. The Morgan fingerprint density at radius 3 is 2.93 bits per heavy atom. The molecule has 9 heteroatoms. The zero-order valence-corrected chi connectivity index (χ0v) is 17.7. The van der Waals surface area contributed by atoms with E-state index in [1.54, 1.807) is 18.2 Å². The molecule has 2 aromatic carbocycles. The molecule has 1 amide bonds. The molecular weight excluding hydrogens is 414 g/mol. The van der Waals surface area contributed by atoms with E-state index in [0.29, 0.717) is 11.4 Å². The standard InChI is InChI=1S/C19H19N3O3S3/c1-28(24,25)21-14-8-9-15-17(11-14)27-19(20-15)26-12-18(23)22-10-4-6-13-5-2-3-7-16(13)22/h2-3,5,7-9,11,21H,4,6,10,12H2,1H3. The number of anilines is 2. The molecule has 4 rings (SSSR count). The number of hydrogen-bond acceptors (Lipinski definition) is 6. The summed E-state index contributed by atoms with van der Waals surface area (Å²) < 4.78 is 26.9. The topological polar surface area (TPSA) is 79.4 Å². The lowest BCUT2D eigenvalue weighted by Gasteiger charge is -2.29. The lowest BCUT2D eigenvalue weighted by atomic mass is 10.0. The summed E-state index contributed by atoms with van der Waals surface area (Å²) in [5, 5.41) is 0. The average molecular weight is 434 g/mol. The van der Waals surface area contributed by atoms with Gasteiger partial charge in [-0.15, -0.1) is 11.3 Å². The molecule has 0 saturated carbocycles. The summed E-state index contributed by atoms with van der Waals surface area (Å²) >= 11 is 2.88. The Morgan fingerprint density at radius 1 is 1.29 bits per heavy atom. The van der Waals surface area contributed by atoms with Gasteiger partial charge in [0.05, 0.1) is 27.9 Å². The second-order valence-electron chi connectivity index (χ2n) is 6.60. The van der Waals surface area contributed by atoms with Crippen molar-refractivity contribution >= 4 is 60.6 Å². The number of nitrogens with zero attached hydrogens (tertiary/aromatic N) is 2. The molecule has 6 nitrogen and oxygen atoms in total. The lowest BCUT2D eigenvalue weighted by Crippen LogP contribution is -2.36. The minimum Gasteiger partial charge on any atom is -0.311 e. The van der Waals surface area contributed by atoms with Gasteiger partial charge >= 0.3 is 0 Å². The fraction of sp³-hybridized carbons (Fsp3) is 0.263. The van der Waals surface area contributed by atoms with Gasteiger partial charge in [0.1, 0.15) is 0 Å². The molecule has 1 aromatic heterocycles. The maximum atomic E-state index is 12.8. The Kier molecular flexibility index (Phi) is 5.31. The van der Waals surface area contributed by atoms with Crippen molar-refractivity contribution in [1.29, 1.82) is 0 Å². The largest absolute Gasteiger partial charge is 0.311 e. The number of para-hydroxylation sites is 1. The van der Waals surface area contributed by atoms with E-state index in [2.05, 4.69) is 15.8 Å². The number of aryl methyl sites for hydroxylation is 1. The fourth-order valence-electron chi connectivity index (χ4n) is 3.24. The number of aromatic nitrogens is 1. The van der Waals surface area contributed by atoms with Crippen molar-refractivity contribution in [1.82, 2.24) is 4.98 Å². The average Bonchev–Trinajstić information content (AvgIpc) is 3.06. The third-order valence-electron chi connectivity index (χ3n) is 4.40. The van der Waals surface area contributed by atoms with Crippen LogP contribution in [-0.4, -0.2) is 37.9 Å². The van der Waals surface area contributed by atoms with Gasteiger partial charge in [0.25, 0.3) is 0 Å². The molecule has 0 saturated heterocycles. The number of carbonyl (C=O) groups excluding carboxylic acids is 1. The van der Waals surface area contributed by atoms with Crippen LogP contribution in [0.2, 0.25) is 0 Å². The number of nitrogens with one attached hydrogen (secondary N) is 1. The number of fused-ring (bicyclic) bond motifs is 2. The van der Waals surface area contributed by atoms with Gasteiger partial charge in [-0.1, -0.05) is 30.0 Å². The molecule has 28 heavy (non-hydrogen) atoms. The van der Waals surface area contributed by atoms with E-state index < -0.39 is 10.0 Å². The molecule has 0 bridgehead atoms. The Bertz CT molecular complexity index is 1140. The van der Waals surface area contributed by atoms with Crippen LogP contribution in [0.25, 0.3) is 10.2 Å². The van der Waals surface area contributed by atoms with E-state index in [-0.39, 0.29) is 5.91 Å². The first-order valence-electron chi connectivity index (χ1n) is 8.78. The van der Waals surface area contributed by atoms with E-state index in [9.17, 15) is 13.2 Å². The molecule has 0 unspecified atom stereocenters. The van der Waals surface area contributed by atoms with Gasteiger partial charge in [-0.2, -0.15) is 0 Å². The molecule has 0 spiro atoms. The summed E-state index contributed by atoms with van der Waals surface area (Å²) in [7, 11) is -3.32. The van der Waals surface area contributed by atoms with Gasteiger partial charge in [-0.3, -0.25) is 9.52 Å². The summed E-state index contributed by atoms with van der Waals surface area (Å²) in [6.45, 7) is 0.747. The SMILES string of the molecule is CS(=O)(=O)Nc1ccc2nc(SCC(=O)N3CCCc4ccccc43)sc2c1. The molecule has 1 aliphatic heterocycles. The number of rotatable bonds is 5. The molecule has 1 N–H and O–H groups in total. The highest BCUT2D eigenvalue weighted by molar-refractivity contribution is 8.01. The minimum absolute atomic E-state index is 0.0795. The molecule has 146 valence electrons. The van der Waals surface area contributed by atoms with Crippen LogP contribution in [0.1, 0.15) is 12.0 Å². The number of hydrogen-bond donors (Lipinski definition) is 1. The van der Waals surface area contributed by atoms with Crippen LogP contribution >= 0.6 is 23.1 Å². The third-order valence-corrected chi connectivity index (χ3v) is 7.15. The first-order valence-corrected chi connectivity index (χ1v) is 12.5. The second kappa shape index (κ2) is 7.73. The van der Waals surface area contributed by atoms with Gasteiger partial charge in [0.2, 0.25) is 15.9 Å². The predicted molar refractivity (Wildman–Crippen MR) is 116 cm³/mol. The summed E-state index contributed by atoms with van der Waals surface area (Å²) in [6, 6.07) is 13.3. The zero-order valence-electron chi connectivity index (χ0n) is 15.2. The highest BCUT2D eigenvalue weighted by Gasteiger charge is 2.22. The summed E-state index contributed by atoms with van der Waals surface area (Å²) in [5.41, 5.74) is 3.54. The molecular formula is C19H19N3O3S3. The van der Waals surface area contributed by atoms with Crippen LogP contribution < -0.4 is 9.62 Å². The van der Waals surface area contributed by atoms with Crippen molar-refractivity contribution in [2.75, 3.05) is 28.2 Å². The number of carbonyl (C=O) groups is 1. The quantitative estimate of drug-likeness (QED) is 0.620. The van der Waals surface area contributed by atoms with Gasteiger partial charge < -0.3 is 4.90 Å². The van der Waals surface area contributed by atoms with Crippen molar-refractivity contribution < 1.29 is 13.2 Å². The van der Waals surface area contributed by atoms with Crippen LogP contribution in [-0.2, 0) is 21.2 Å². The molecule has 0 atom stereocenters. The monoisotopic (exact) mass is 433 g/mol. The summed E-state index contributed by atoms with van der Waals surface area (Å²) in [5.74, 6) is 0.402. The van der Waals surface area contributed by atoms with Gasteiger partial charge in [-0.25, -0.2) is 13.4 Å². The Morgan fingerprint density at radius 2 is 2.11 bits per heavy atom. The predicted octanol–water partition coefficient (Wildman–Crippen LogP) is 3.74. The maximum Gasteiger partial charge on any atom is 0.237 e. The molecule has 3 aromatic rings. The number of benzene rings is 2. The smallest absolute Gasteiger partial charge is 0.237 e. The van der Waals surface area contributed by atoms with E-state index in [4.69, 9.17) is 0 Å². The van der Waals surface area contributed by atoms with Crippen molar-refractivity contribution in [2.45, 2.75) is 17.2 Å². The van der Waals surface area contributed by atoms with E-state index in [1.807, 2.05) is 23.1 Å². The third kappa shape index (κ3) is 4.31. The van der Waals surface area contributed by atoms with E-state index in [1.165, 1.54) is 28.7 Å². The van der Waals surface area contributed by atoms with Crippen molar-refractivity contribution in [2.24, 2.45) is 0 Å². The van der Waals surface area contributed by atoms with Crippen LogP contribution in [0, 0.1) is 0 Å². The van der Waals surface area contributed by atoms with Crippen molar-refractivity contribution in [3.8, 4) is 0 Å². The van der Waals surface area contributed by atoms with Gasteiger partial charge in [0, 0.05) is 12.2 Å². The number of thiazole rings is 1. The fourth-order valence-corrected chi connectivity index (χ4v) is 5.78. The van der Waals surface area contributed by atoms with Crippen molar-refractivity contribution in [3.63, 3.8) is 0 Å². The molecule has 0 fully saturated rings. The minimum atomic E-state index is -3.32. The van der Waals surface area contributed by atoms with Crippen LogP contribution in [0.5, 0.6) is 0 Å². The number of amides is 1. The molecule has 0 radical (unpaired) electrons. The van der Waals surface area contributed by atoms with Crippen LogP contribution in [0.15, 0.2) is 46.8 Å². The first kappa shape index (κ1) is 19.2. The second-order valence-corrected chi connectivity index (χ2v) is 10.6. The Labute approximate surface area is 172 Å². The van der Waals surface area contributed by atoms with E-state index in [0.717, 1.165) is 45.9 Å². The normalized spacial score (nSPS) is 14.1. The molecule has 0 aliphatic carbocycles. The van der Waals surface area contributed by atoms with Crippen LogP contribution in [0.3, 0.4) is 0 Å². The molecule has 2 heterocycles.